The number of nitrogens with zero attached hydrogens (tertiary/aromatic N) is 1. The van der Waals surface area contributed by atoms with Crippen LogP contribution in [0.4, 0.5) is 5.69 Å². The van der Waals surface area contributed by atoms with Gasteiger partial charge < -0.3 is 14.9 Å². The van der Waals surface area contributed by atoms with Crippen molar-refractivity contribution in [3.8, 4) is 5.75 Å². The number of ether oxygens (including phenoxy) is 1. The van der Waals surface area contributed by atoms with Crippen molar-refractivity contribution in [3.05, 3.63) is 64.6 Å². The molecule has 1 saturated heterocycles. The van der Waals surface area contributed by atoms with E-state index < -0.39 is 18.0 Å². The molecule has 0 bridgehead atoms. The molecule has 0 saturated carbocycles. The summed E-state index contributed by atoms with van der Waals surface area (Å²) in [6, 6.07) is 12.7. The smallest absolute Gasteiger partial charge is 0.344 e. The maximum absolute atomic E-state index is 12.8. The fourth-order valence-electron chi connectivity index (χ4n) is 2.55. The average molecular weight is 429 g/mol. The second-order valence-corrected chi connectivity index (χ2v) is 7.72. The van der Waals surface area contributed by atoms with E-state index in [-0.39, 0.29) is 15.8 Å². The SMILES string of the molecule is CC(Oc1cccc(/C=C2\SC(=S)N(c3cccc(C(=O)O)c3)C2=O)c1)C(=O)O. The zero-order valence-corrected chi connectivity index (χ0v) is 16.7. The average Bonchev–Trinajstić information content (AvgIpc) is 2.95. The number of aliphatic carboxylic acids is 1. The zero-order chi connectivity index (χ0) is 21.1. The minimum Gasteiger partial charge on any atom is -0.479 e. The van der Waals surface area contributed by atoms with Crippen LogP contribution in [0.25, 0.3) is 6.08 Å². The summed E-state index contributed by atoms with van der Waals surface area (Å²) in [5.74, 6) is -2.19. The van der Waals surface area contributed by atoms with Crippen molar-refractivity contribution in [3.63, 3.8) is 0 Å². The summed E-state index contributed by atoms with van der Waals surface area (Å²) in [5, 5.41) is 18.1. The second-order valence-electron chi connectivity index (χ2n) is 6.04. The Bertz CT molecular complexity index is 1050. The molecule has 1 atom stereocenters. The number of carboxylic acids is 2. The molecular weight excluding hydrogens is 414 g/mol. The van der Waals surface area contributed by atoms with E-state index in [0.29, 0.717) is 21.9 Å². The molecule has 7 nitrogen and oxygen atoms in total. The van der Waals surface area contributed by atoms with Gasteiger partial charge in [0.1, 0.15) is 5.75 Å². The molecule has 1 amide bonds. The molecule has 2 aromatic rings. The number of carbonyl (C=O) groups is 3. The molecule has 1 aliphatic heterocycles. The number of aromatic carboxylic acids is 1. The van der Waals surface area contributed by atoms with E-state index in [0.717, 1.165) is 11.8 Å². The largest absolute Gasteiger partial charge is 0.479 e. The molecular formula is C20H15NO6S2. The lowest BCUT2D eigenvalue weighted by molar-refractivity contribution is -0.144. The quantitative estimate of drug-likeness (QED) is 0.530. The summed E-state index contributed by atoms with van der Waals surface area (Å²) >= 11 is 6.40. The van der Waals surface area contributed by atoms with Crippen LogP contribution in [0.2, 0.25) is 0 Å². The van der Waals surface area contributed by atoms with Crippen molar-refractivity contribution >= 4 is 57.9 Å². The van der Waals surface area contributed by atoms with Crippen molar-refractivity contribution in [2.24, 2.45) is 0 Å². The third-order valence-corrected chi connectivity index (χ3v) is 5.26. The van der Waals surface area contributed by atoms with Gasteiger partial charge in [-0.15, -0.1) is 0 Å². The Morgan fingerprint density at radius 2 is 1.90 bits per heavy atom. The summed E-state index contributed by atoms with van der Waals surface area (Å²) < 4.78 is 5.63. The molecule has 1 unspecified atom stereocenters. The highest BCUT2D eigenvalue weighted by Gasteiger charge is 2.33. The lowest BCUT2D eigenvalue weighted by Crippen LogP contribution is -2.27. The molecule has 1 aliphatic rings. The molecule has 148 valence electrons. The van der Waals surface area contributed by atoms with Crippen molar-refractivity contribution < 1.29 is 29.3 Å². The van der Waals surface area contributed by atoms with E-state index in [1.165, 1.54) is 24.0 Å². The van der Waals surface area contributed by atoms with E-state index in [2.05, 4.69) is 0 Å². The second kappa shape index (κ2) is 8.46. The zero-order valence-electron chi connectivity index (χ0n) is 15.1. The molecule has 2 aromatic carbocycles. The fourth-order valence-corrected chi connectivity index (χ4v) is 3.85. The van der Waals surface area contributed by atoms with Gasteiger partial charge in [0.2, 0.25) is 0 Å². The monoisotopic (exact) mass is 429 g/mol. The van der Waals surface area contributed by atoms with Crippen LogP contribution in [0.3, 0.4) is 0 Å². The summed E-state index contributed by atoms with van der Waals surface area (Å²) in [4.78, 5) is 36.6. The summed E-state index contributed by atoms with van der Waals surface area (Å²) in [6.45, 7) is 1.42. The first-order valence-electron chi connectivity index (χ1n) is 8.37. The van der Waals surface area contributed by atoms with Crippen LogP contribution in [0.15, 0.2) is 53.4 Å². The van der Waals surface area contributed by atoms with E-state index >= 15 is 0 Å². The Balaban J connectivity index is 1.86. The lowest BCUT2D eigenvalue weighted by Gasteiger charge is -2.14. The summed E-state index contributed by atoms with van der Waals surface area (Å²) in [6.07, 6.45) is 0.614. The maximum Gasteiger partial charge on any atom is 0.344 e. The summed E-state index contributed by atoms with van der Waals surface area (Å²) in [5.41, 5.74) is 1.07. The van der Waals surface area contributed by atoms with E-state index in [1.807, 2.05) is 0 Å². The number of thioether (sulfide) groups is 1. The van der Waals surface area contributed by atoms with Gasteiger partial charge in [0, 0.05) is 0 Å². The molecule has 0 aromatic heterocycles. The lowest BCUT2D eigenvalue weighted by atomic mass is 10.1. The predicted octanol–water partition coefficient (Wildman–Crippen LogP) is 3.64. The van der Waals surface area contributed by atoms with Gasteiger partial charge in [0.05, 0.1) is 16.2 Å². The minimum absolute atomic E-state index is 0.0536. The molecule has 3 rings (SSSR count). The number of thiocarbonyl (C=S) groups is 1. The van der Waals surface area contributed by atoms with Crippen molar-refractivity contribution in [1.29, 1.82) is 0 Å². The number of rotatable bonds is 6. The fraction of sp³-hybridized carbons (Fsp3) is 0.100. The molecule has 0 spiro atoms. The molecule has 0 radical (unpaired) electrons. The van der Waals surface area contributed by atoms with Gasteiger partial charge in [-0.05, 0) is 48.9 Å². The van der Waals surface area contributed by atoms with Crippen LogP contribution in [0.1, 0.15) is 22.8 Å². The number of benzene rings is 2. The Labute approximate surface area is 175 Å². The first kappa shape index (κ1) is 20.6. The van der Waals surface area contributed by atoms with E-state index in [9.17, 15) is 14.4 Å². The predicted molar refractivity (Wildman–Crippen MR) is 113 cm³/mol. The first-order chi connectivity index (χ1) is 13.8. The van der Waals surface area contributed by atoms with Gasteiger partial charge in [-0.25, -0.2) is 9.59 Å². The van der Waals surface area contributed by atoms with Crippen molar-refractivity contribution in [1.82, 2.24) is 0 Å². The van der Waals surface area contributed by atoms with Crippen LogP contribution in [0.5, 0.6) is 5.75 Å². The highest BCUT2D eigenvalue weighted by molar-refractivity contribution is 8.27. The van der Waals surface area contributed by atoms with Crippen molar-refractivity contribution in [2.45, 2.75) is 13.0 Å². The summed E-state index contributed by atoms with van der Waals surface area (Å²) in [7, 11) is 0. The maximum atomic E-state index is 12.8. The topological polar surface area (TPSA) is 104 Å². The molecule has 1 heterocycles. The Morgan fingerprint density at radius 3 is 2.59 bits per heavy atom. The molecule has 1 fully saturated rings. The van der Waals surface area contributed by atoms with Crippen LogP contribution in [-0.4, -0.2) is 38.5 Å². The Kier molecular flexibility index (Phi) is 6.00. The molecule has 9 heteroatoms. The van der Waals surface area contributed by atoms with Crippen LogP contribution >= 0.6 is 24.0 Å². The molecule has 0 aliphatic carbocycles. The molecule has 2 N–H and O–H groups in total. The van der Waals surface area contributed by atoms with Gasteiger partial charge in [-0.1, -0.05) is 42.2 Å². The van der Waals surface area contributed by atoms with Crippen LogP contribution in [-0.2, 0) is 9.59 Å². The number of hydrogen-bond acceptors (Lipinski definition) is 6. The third-order valence-electron chi connectivity index (χ3n) is 3.96. The Hall–Kier alpha value is -3.17. The first-order valence-corrected chi connectivity index (χ1v) is 9.59. The van der Waals surface area contributed by atoms with Crippen molar-refractivity contribution in [2.75, 3.05) is 4.90 Å². The number of amides is 1. The van der Waals surface area contributed by atoms with Crippen LogP contribution in [0, 0.1) is 0 Å². The van der Waals surface area contributed by atoms with Gasteiger partial charge >= 0.3 is 11.9 Å². The number of carboxylic acid groups (broad SMARTS) is 2. The van der Waals surface area contributed by atoms with E-state index in [4.69, 9.17) is 27.2 Å². The normalized spacial score (nSPS) is 16.2. The number of hydrogen-bond donors (Lipinski definition) is 2. The number of anilines is 1. The van der Waals surface area contributed by atoms with Gasteiger partial charge in [-0.2, -0.15) is 0 Å². The van der Waals surface area contributed by atoms with E-state index in [1.54, 1.807) is 42.5 Å². The Morgan fingerprint density at radius 1 is 1.17 bits per heavy atom. The van der Waals surface area contributed by atoms with Gasteiger partial charge in [0.25, 0.3) is 5.91 Å². The molecule has 29 heavy (non-hydrogen) atoms. The standard InChI is InChI=1S/C20H15NO6S2/c1-11(18(23)24)27-15-7-2-4-12(8-15)9-16-17(22)21(20(28)29-16)14-6-3-5-13(10-14)19(25)26/h2-11H,1H3,(H,23,24)(H,25,26)/b16-9-. The highest BCUT2D eigenvalue weighted by Crippen LogP contribution is 2.36. The third kappa shape index (κ3) is 4.64. The van der Waals surface area contributed by atoms with Gasteiger partial charge in [0.15, 0.2) is 10.4 Å². The number of carbonyl (C=O) groups excluding carboxylic acids is 1. The minimum atomic E-state index is -1.10. The van der Waals surface area contributed by atoms with Gasteiger partial charge in [-0.3, -0.25) is 9.69 Å². The van der Waals surface area contributed by atoms with Crippen LogP contribution < -0.4 is 9.64 Å². The highest BCUT2D eigenvalue weighted by atomic mass is 32.2.